The molecule has 2 rings (SSSR count). The SMILES string of the molecule is CC(C)OCCN1C(=O)c2cccc([N+](=O)[O-])c2C1=O. The molecule has 0 atom stereocenters. The number of amides is 2. The van der Waals surface area contributed by atoms with Crippen LogP contribution in [0.1, 0.15) is 34.6 Å². The fourth-order valence-electron chi connectivity index (χ4n) is 2.05. The Bertz CT molecular complexity index is 582. The molecule has 7 heteroatoms. The van der Waals surface area contributed by atoms with Crippen molar-refractivity contribution in [3.8, 4) is 0 Å². The fourth-order valence-corrected chi connectivity index (χ4v) is 2.05. The van der Waals surface area contributed by atoms with E-state index in [9.17, 15) is 19.7 Å². The molecule has 106 valence electrons. The molecule has 0 aromatic heterocycles. The number of nitro groups is 1. The first-order chi connectivity index (χ1) is 9.43. The number of carbonyl (C=O) groups excluding carboxylic acids is 2. The Balaban J connectivity index is 2.26. The normalized spacial score (nSPS) is 14.1. The minimum atomic E-state index is -0.655. The molecular formula is C13H14N2O5. The Labute approximate surface area is 115 Å². The van der Waals surface area contributed by atoms with Gasteiger partial charge in [0.05, 0.1) is 29.7 Å². The summed E-state index contributed by atoms with van der Waals surface area (Å²) >= 11 is 0. The zero-order valence-electron chi connectivity index (χ0n) is 11.2. The van der Waals surface area contributed by atoms with Crippen LogP contribution in [-0.2, 0) is 4.74 Å². The van der Waals surface area contributed by atoms with Crippen LogP contribution in [0.3, 0.4) is 0 Å². The maximum Gasteiger partial charge on any atom is 0.282 e. The van der Waals surface area contributed by atoms with Gasteiger partial charge in [-0.25, -0.2) is 0 Å². The van der Waals surface area contributed by atoms with E-state index in [1.807, 2.05) is 13.8 Å². The molecule has 0 saturated heterocycles. The highest BCUT2D eigenvalue weighted by Gasteiger charge is 2.40. The molecule has 0 saturated carbocycles. The number of carbonyl (C=O) groups is 2. The van der Waals surface area contributed by atoms with Crippen LogP contribution in [0.25, 0.3) is 0 Å². The van der Waals surface area contributed by atoms with E-state index in [-0.39, 0.29) is 36.1 Å². The number of hydrogen-bond donors (Lipinski definition) is 0. The van der Waals surface area contributed by atoms with Crippen molar-refractivity contribution in [2.45, 2.75) is 20.0 Å². The molecule has 1 aliphatic rings. The molecule has 0 radical (unpaired) electrons. The molecule has 7 nitrogen and oxygen atoms in total. The summed E-state index contributed by atoms with van der Waals surface area (Å²) in [6.07, 6.45) is -0.0143. The molecular weight excluding hydrogens is 264 g/mol. The summed E-state index contributed by atoms with van der Waals surface area (Å²) in [5.41, 5.74) is -0.395. The van der Waals surface area contributed by atoms with Crippen LogP contribution < -0.4 is 0 Å². The van der Waals surface area contributed by atoms with Gasteiger partial charge in [-0.2, -0.15) is 0 Å². The Morgan fingerprint density at radius 1 is 1.30 bits per heavy atom. The largest absolute Gasteiger partial charge is 0.377 e. The summed E-state index contributed by atoms with van der Waals surface area (Å²) in [6, 6.07) is 4.04. The number of rotatable bonds is 5. The average Bonchev–Trinajstić information content (AvgIpc) is 2.63. The predicted octanol–water partition coefficient (Wildman–Crippen LogP) is 1.62. The first-order valence-corrected chi connectivity index (χ1v) is 6.18. The molecule has 0 bridgehead atoms. The van der Waals surface area contributed by atoms with Gasteiger partial charge in [0.15, 0.2) is 0 Å². The van der Waals surface area contributed by atoms with Crippen molar-refractivity contribution in [2.24, 2.45) is 0 Å². The van der Waals surface area contributed by atoms with Crippen LogP contribution in [0.4, 0.5) is 5.69 Å². The molecule has 0 aliphatic carbocycles. The van der Waals surface area contributed by atoms with E-state index in [0.717, 1.165) is 4.90 Å². The second-order valence-electron chi connectivity index (χ2n) is 4.64. The zero-order chi connectivity index (χ0) is 14.9. The standard InChI is InChI=1S/C13H14N2O5/c1-8(2)20-7-6-14-12(16)9-4-3-5-10(15(18)19)11(9)13(14)17/h3-5,8H,6-7H2,1-2H3. The highest BCUT2D eigenvalue weighted by atomic mass is 16.6. The van der Waals surface area contributed by atoms with Crippen molar-refractivity contribution in [1.82, 2.24) is 4.90 Å². The van der Waals surface area contributed by atoms with E-state index in [2.05, 4.69) is 0 Å². The van der Waals surface area contributed by atoms with E-state index in [0.29, 0.717) is 0 Å². The van der Waals surface area contributed by atoms with Gasteiger partial charge in [-0.3, -0.25) is 24.6 Å². The van der Waals surface area contributed by atoms with E-state index < -0.39 is 16.7 Å². The van der Waals surface area contributed by atoms with Crippen molar-refractivity contribution in [3.63, 3.8) is 0 Å². The highest BCUT2D eigenvalue weighted by molar-refractivity contribution is 6.23. The summed E-state index contributed by atoms with van der Waals surface area (Å²) in [4.78, 5) is 35.5. The average molecular weight is 278 g/mol. The lowest BCUT2D eigenvalue weighted by atomic mass is 10.1. The van der Waals surface area contributed by atoms with Crippen LogP contribution in [0.5, 0.6) is 0 Å². The lowest BCUT2D eigenvalue weighted by molar-refractivity contribution is -0.385. The third kappa shape index (κ3) is 2.39. The van der Waals surface area contributed by atoms with E-state index in [1.165, 1.54) is 18.2 Å². The summed E-state index contributed by atoms with van der Waals surface area (Å²) in [5, 5.41) is 10.9. The van der Waals surface area contributed by atoms with E-state index >= 15 is 0 Å². The van der Waals surface area contributed by atoms with Crippen molar-refractivity contribution >= 4 is 17.5 Å². The Hall–Kier alpha value is -2.28. The minimum Gasteiger partial charge on any atom is -0.377 e. The molecule has 0 unspecified atom stereocenters. The lowest BCUT2D eigenvalue weighted by Crippen LogP contribution is -2.33. The van der Waals surface area contributed by atoms with Crippen LogP contribution >= 0.6 is 0 Å². The molecule has 0 spiro atoms. The van der Waals surface area contributed by atoms with Crippen molar-refractivity contribution < 1.29 is 19.2 Å². The second kappa shape index (κ2) is 5.38. The fraction of sp³-hybridized carbons (Fsp3) is 0.385. The Morgan fingerprint density at radius 3 is 2.60 bits per heavy atom. The summed E-state index contributed by atoms with van der Waals surface area (Å²) in [5.74, 6) is -1.15. The van der Waals surface area contributed by atoms with Crippen molar-refractivity contribution in [1.29, 1.82) is 0 Å². The third-order valence-corrected chi connectivity index (χ3v) is 2.94. The van der Waals surface area contributed by atoms with Gasteiger partial charge in [-0.1, -0.05) is 6.07 Å². The van der Waals surface area contributed by atoms with E-state index in [1.54, 1.807) is 0 Å². The minimum absolute atomic E-state index is 0.0143. The first-order valence-electron chi connectivity index (χ1n) is 6.18. The molecule has 1 aromatic rings. The number of hydrogen-bond acceptors (Lipinski definition) is 5. The summed E-state index contributed by atoms with van der Waals surface area (Å²) < 4.78 is 5.30. The summed E-state index contributed by atoms with van der Waals surface area (Å²) in [6.45, 7) is 3.97. The summed E-state index contributed by atoms with van der Waals surface area (Å²) in [7, 11) is 0. The molecule has 2 amide bonds. The number of fused-ring (bicyclic) bond motifs is 1. The van der Waals surface area contributed by atoms with Crippen LogP contribution in [0.2, 0.25) is 0 Å². The number of ether oxygens (including phenoxy) is 1. The molecule has 0 N–H and O–H groups in total. The van der Waals surface area contributed by atoms with Gasteiger partial charge in [0, 0.05) is 6.07 Å². The maximum atomic E-state index is 12.2. The lowest BCUT2D eigenvalue weighted by Gasteiger charge is -2.14. The molecule has 1 aliphatic heterocycles. The van der Waals surface area contributed by atoms with Crippen LogP contribution in [0, 0.1) is 10.1 Å². The van der Waals surface area contributed by atoms with Gasteiger partial charge < -0.3 is 4.74 Å². The second-order valence-corrected chi connectivity index (χ2v) is 4.64. The topological polar surface area (TPSA) is 89.8 Å². The van der Waals surface area contributed by atoms with Gasteiger partial charge in [-0.15, -0.1) is 0 Å². The quantitative estimate of drug-likeness (QED) is 0.463. The van der Waals surface area contributed by atoms with Gasteiger partial charge in [0.25, 0.3) is 17.5 Å². The monoisotopic (exact) mass is 278 g/mol. The Morgan fingerprint density at radius 2 is 2.00 bits per heavy atom. The van der Waals surface area contributed by atoms with Gasteiger partial charge >= 0.3 is 0 Å². The van der Waals surface area contributed by atoms with Crippen LogP contribution in [0.15, 0.2) is 18.2 Å². The number of nitrogens with zero attached hydrogens (tertiary/aromatic N) is 2. The molecule has 20 heavy (non-hydrogen) atoms. The zero-order valence-corrected chi connectivity index (χ0v) is 11.2. The smallest absolute Gasteiger partial charge is 0.282 e. The Kier molecular flexibility index (Phi) is 3.80. The number of nitro benzene ring substituents is 1. The number of imide groups is 1. The third-order valence-electron chi connectivity index (χ3n) is 2.94. The van der Waals surface area contributed by atoms with E-state index in [4.69, 9.17) is 4.74 Å². The first kappa shape index (κ1) is 14.1. The molecule has 0 fully saturated rings. The van der Waals surface area contributed by atoms with Crippen molar-refractivity contribution in [2.75, 3.05) is 13.2 Å². The van der Waals surface area contributed by atoms with Crippen molar-refractivity contribution in [3.05, 3.63) is 39.4 Å². The van der Waals surface area contributed by atoms with Crippen LogP contribution in [-0.4, -0.2) is 40.9 Å². The molecule has 1 aromatic carbocycles. The van der Waals surface area contributed by atoms with Gasteiger partial charge in [0.2, 0.25) is 0 Å². The van der Waals surface area contributed by atoms with Gasteiger partial charge in [-0.05, 0) is 19.9 Å². The highest BCUT2D eigenvalue weighted by Crippen LogP contribution is 2.30. The maximum absolute atomic E-state index is 12.2. The molecule has 1 heterocycles. The van der Waals surface area contributed by atoms with Gasteiger partial charge in [0.1, 0.15) is 5.56 Å². The predicted molar refractivity (Wildman–Crippen MR) is 69.6 cm³/mol. The number of benzene rings is 1.